The second-order valence-corrected chi connectivity index (χ2v) is 11.9. The van der Waals surface area contributed by atoms with Crippen molar-refractivity contribution in [1.29, 1.82) is 0 Å². The van der Waals surface area contributed by atoms with Crippen LogP contribution >= 0.6 is 46.0 Å². The number of fused-ring (bicyclic) bond motifs is 2. The lowest BCUT2D eigenvalue weighted by Crippen LogP contribution is -2.12. The van der Waals surface area contributed by atoms with E-state index in [2.05, 4.69) is 30.4 Å². The van der Waals surface area contributed by atoms with E-state index in [0.29, 0.717) is 12.3 Å². The first kappa shape index (κ1) is 22.0. The Morgan fingerprint density at radius 2 is 2.00 bits per heavy atom. The third-order valence-corrected chi connectivity index (χ3v) is 9.17. The number of thiazole rings is 1. The summed E-state index contributed by atoms with van der Waals surface area (Å²) in [6, 6.07) is 16.0. The van der Waals surface area contributed by atoms with Crippen LogP contribution in [0.2, 0.25) is 5.02 Å². The zero-order valence-corrected chi connectivity index (χ0v) is 20.9. The Labute approximate surface area is 205 Å². The first-order valence-corrected chi connectivity index (χ1v) is 13.7. The number of thioether (sulfide) groups is 1. The number of rotatable bonds is 6. The molecule has 3 nitrogen and oxygen atoms in total. The van der Waals surface area contributed by atoms with Gasteiger partial charge in [0.1, 0.15) is 10.0 Å². The molecular formula is C25H23ClN2OS3. The molecule has 0 radical (unpaired) electrons. The predicted molar refractivity (Wildman–Crippen MR) is 140 cm³/mol. The number of nitrogens with zero attached hydrogens (tertiary/aromatic N) is 1. The van der Waals surface area contributed by atoms with Crippen molar-refractivity contribution >= 4 is 67.2 Å². The summed E-state index contributed by atoms with van der Waals surface area (Å²) >= 11 is 11.1. The standard InChI is InChI=1S/C25H23ClN2OS3/c1-15-6-11-18-21(14-15)32-25(23(18)24-27-19-4-2-3-5-20(19)31-24)28-22(29)12-13-30-17-9-7-16(26)8-10-17/h2-5,7-10,15H,6,11-14H2,1H3,(H,28,29). The molecule has 1 N–H and O–H groups in total. The fraction of sp³-hybridized carbons (Fsp3) is 0.280. The van der Waals surface area contributed by atoms with E-state index in [0.717, 1.165) is 49.6 Å². The number of para-hydroxylation sites is 1. The van der Waals surface area contributed by atoms with E-state index in [-0.39, 0.29) is 5.91 Å². The van der Waals surface area contributed by atoms with Gasteiger partial charge in [0.25, 0.3) is 0 Å². The van der Waals surface area contributed by atoms with Crippen molar-refractivity contribution in [3.63, 3.8) is 0 Å². The van der Waals surface area contributed by atoms with Crippen molar-refractivity contribution in [1.82, 2.24) is 4.98 Å². The normalized spacial score (nSPS) is 15.6. The number of hydrogen-bond acceptors (Lipinski definition) is 5. The number of carbonyl (C=O) groups excluding carboxylic acids is 1. The van der Waals surface area contributed by atoms with Crippen LogP contribution in [-0.4, -0.2) is 16.6 Å². The van der Waals surface area contributed by atoms with Crippen LogP contribution in [0.1, 0.15) is 30.2 Å². The highest BCUT2D eigenvalue weighted by atomic mass is 35.5. The number of hydrogen-bond donors (Lipinski definition) is 1. The van der Waals surface area contributed by atoms with Gasteiger partial charge in [-0.15, -0.1) is 34.4 Å². The molecule has 7 heteroatoms. The summed E-state index contributed by atoms with van der Waals surface area (Å²) in [5.74, 6) is 1.47. The summed E-state index contributed by atoms with van der Waals surface area (Å²) in [6.07, 6.45) is 3.79. The van der Waals surface area contributed by atoms with Crippen LogP contribution in [0.25, 0.3) is 20.8 Å². The van der Waals surface area contributed by atoms with Crippen molar-refractivity contribution in [3.05, 3.63) is 64.0 Å². The van der Waals surface area contributed by atoms with Gasteiger partial charge in [0.15, 0.2) is 0 Å². The molecule has 2 aromatic carbocycles. The summed E-state index contributed by atoms with van der Waals surface area (Å²) in [5, 5.41) is 5.94. The lowest BCUT2D eigenvalue weighted by atomic mass is 9.88. The monoisotopic (exact) mass is 498 g/mol. The van der Waals surface area contributed by atoms with Crippen LogP contribution < -0.4 is 5.32 Å². The molecule has 0 aliphatic heterocycles. The number of thiophene rings is 1. The summed E-state index contributed by atoms with van der Waals surface area (Å²) in [7, 11) is 0. The first-order valence-electron chi connectivity index (χ1n) is 10.8. The minimum atomic E-state index is 0.0560. The number of aromatic nitrogens is 1. The van der Waals surface area contributed by atoms with Gasteiger partial charge in [0.2, 0.25) is 5.91 Å². The molecule has 0 bridgehead atoms. The maximum atomic E-state index is 12.8. The van der Waals surface area contributed by atoms with E-state index in [1.807, 2.05) is 30.3 Å². The summed E-state index contributed by atoms with van der Waals surface area (Å²) < 4.78 is 1.18. The summed E-state index contributed by atoms with van der Waals surface area (Å²) in [5.41, 5.74) is 3.56. The second kappa shape index (κ2) is 9.56. The van der Waals surface area contributed by atoms with Gasteiger partial charge >= 0.3 is 0 Å². The van der Waals surface area contributed by atoms with Crippen LogP contribution in [0.3, 0.4) is 0 Å². The number of anilines is 1. The van der Waals surface area contributed by atoms with E-state index in [1.165, 1.54) is 21.6 Å². The van der Waals surface area contributed by atoms with E-state index < -0.39 is 0 Å². The van der Waals surface area contributed by atoms with Crippen LogP contribution in [0.15, 0.2) is 53.4 Å². The molecule has 1 aliphatic carbocycles. The smallest absolute Gasteiger partial charge is 0.225 e. The minimum absolute atomic E-state index is 0.0560. The molecule has 0 saturated heterocycles. The van der Waals surface area contributed by atoms with Crippen molar-refractivity contribution in [2.45, 2.75) is 37.5 Å². The molecular weight excluding hydrogens is 476 g/mol. The van der Waals surface area contributed by atoms with Gasteiger partial charge in [-0.05, 0) is 67.1 Å². The molecule has 1 atom stereocenters. The first-order chi connectivity index (χ1) is 15.6. The Kier molecular flexibility index (Phi) is 6.56. The molecule has 0 fully saturated rings. The van der Waals surface area contributed by atoms with E-state index in [9.17, 15) is 4.79 Å². The number of benzene rings is 2. The highest BCUT2D eigenvalue weighted by molar-refractivity contribution is 7.99. The quantitative estimate of drug-likeness (QED) is 0.274. The fourth-order valence-corrected chi connectivity index (χ4v) is 7.54. The topological polar surface area (TPSA) is 42.0 Å². The van der Waals surface area contributed by atoms with Gasteiger partial charge in [-0.2, -0.15) is 0 Å². The van der Waals surface area contributed by atoms with Crippen LogP contribution in [0.5, 0.6) is 0 Å². The molecule has 4 aromatic rings. The molecule has 2 heterocycles. The SMILES string of the molecule is CC1CCc2c(sc(NC(=O)CCSc3ccc(Cl)cc3)c2-c2nc3ccccc3s2)C1. The fourth-order valence-electron chi connectivity index (χ4n) is 4.03. The number of halogens is 1. The van der Waals surface area contributed by atoms with E-state index in [4.69, 9.17) is 16.6 Å². The van der Waals surface area contributed by atoms with Crippen molar-refractivity contribution < 1.29 is 4.79 Å². The van der Waals surface area contributed by atoms with Crippen LogP contribution in [-0.2, 0) is 17.6 Å². The number of carbonyl (C=O) groups is 1. The maximum Gasteiger partial charge on any atom is 0.225 e. The Balaban J connectivity index is 1.37. The predicted octanol–water partition coefficient (Wildman–Crippen LogP) is 7.92. The van der Waals surface area contributed by atoms with Crippen LogP contribution in [0, 0.1) is 5.92 Å². The number of amides is 1. The largest absolute Gasteiger partial charge is 0.317 e. The highest BCUT2D eigenvalue weighted by Crippen LogP contribution is 2.47. The molecule has 32 heavy (non-hydrogen) atoms. The molecule has 1 amide bonds. The summed E-state index contributed by atoms with van der Waals surface area (Å²) in [4.78, 5) is 20.3. The lowest BCUT2D eigenvalue weighted by Gasteiger charge is -2.18. The zero-order valence-electron chi connectivity index (χ0n) is 17.7. The minimum Gasteiger partial charge on any atom is -0.317 e. The molecule has 2 aromatic heterocycles. The van der Waals surface area contributed by atoms with Gasteiger partial charge in [0, 0.05) is 32.5 Å². The van der Waals surface area contributed by atoms with Gasteiger partial charge < -0.3 is 5.32 Å². The zero-order chi connectivity index (χ0) is 22.1. The Morgan fingerprint density at radius 1 is 1.19 bits per heavy atom. The van der Waals surface area contributed by atoms with Gasteiger partial charge in [-0.1, -0.05) is 30.7 Å². The average Bonchev–Trinajstić information content (AvgIpc) is 3.35. The lowest BCUT2D eigenvalue weighted by molar-refractivity contribution is -0.115. The van der Waals surface area contributed by atoms with Crippen molar-refractivity contribution in [2.75, 3.05) is 11.1 Å². The van der Waals surface area contributed by atoms with Crippen molar-refractivity contribution in [2.24, 2.45) is 5.92 Å². The van der Waals surface area contributed by atoms with E-state index in [1.54, 1.807) is 34.4 Å². The average molecular weight is 499 g/mol. The maximum absolute atomic E-state index is 12.8. The highest BCUT2D eigenvalue weighted by Gasteiger charge is 2.27. The van der Waals surface area contributed by atoms with Crippen molar-refractivity contribution in [3.8, 4) is 10.6 Å². The molecule has 0 spiro atoms. The third kappa shape index (κ3) is 4.74. The molecule has 1 unspecified atom stereocenters. The van der Waals surface area contributed by atoms with Gasteiger partial charge in [-0.3, -0.25) is 4.79 Å². The van der Waals surface area contributed by atoms with Gasteiger partial charge in [-0.25, -0.2) is 4.98 Å². The second-order valence-electron chi connectivity index (χ2n) is 8.14. The van der Waals surface area contributed by atoms with Crippen LogP contribution in [0.4, 0.5) is 5.00 Å². The van der Waals surface area contributed by atoms with Gasteiger partial charge in [0.05, 0.1) is 10.2 Å². The third-order valence-electron chi connectivity index (χ3n) is 5.68. The Bertz CT molecular complexity index is 1230. The van der Waals surface area contributed by atoms with E-state index >= 15 is 0 Å². The molecule has 164 valence electrons. The Hall–Kier alpha value is -1.86. The Morgan fingerprint density at radius 3 is 2.81 bits per heavy atom. The molecule has 1 aliphatic rings. The summed E-state index contributed by atoms with van der Waals surface area (Å²) in [6.45, 7) is 2.31. The molecule has 0 saturated carbocycles. The number of nitrogens with one attached hydrogen (secondary N) is 1. The molecule has 5 rings (SSSR count).